The fraction of sp³-hybridized carbons (Fsp3) is 1.00. The van der Waals surface area contributed by atoms with Crippen LogP contribution in [0.25, 0.3) is 0 Å². The van der Waals surface area contributed by atoms with Gasteiger partial charge < -0.3 is 4.48 Å². The van der Waals surface area contributed by atoms with Crippen LogP contribution in [0.3, 0.4) is 0 Å². The fourth-order valence-electron chi connectivity index (χ4n) is 4.43. The minimum Gasteiger partial charge on any atom is -0.322 e. The summed E-state index contributed by atoms with van der Waals surface area (Å²) in [5.41, 5.74) is 0. The van der Waals surface area contributed by atoms with Gasteiger partial charge >= 0.3 is 0 Å². The Bertz CT molecular complexity index is 251. The highest BCUT2D eigenvalue weighted by Gasteiger charge is 2.34. The van der Waals surface area contributed by atoms with Gasteiger partial charge in [-0.05, 0) is 52.4 Å². The molecule has 1 rings (SSSR count). The molecule has 0 saturated heterocycles. The van der Waals surface area contributed by atoms with E-state index in [0.717, 1.165) is 6.04 Å². The van der Waals surface area contributed by atoms with E-state index in [1.165, 1.54) is 108 Å². The maximum atomic E-state index is 6.62. The molecule has 146 valence electrons. The van der Waals surface area contributed by atoms with Crippen molar-refractivity contribution in [1.29, 1.82) is 0 Å². The van der Waals surface area contributed by atoms with Crippen molar-refractivity contribution >= 4 is 0 Å². The minimum atomic E-state index is 0.985. The minimum absolute atomic E-state index is 0.985. The van der Waals surface area contributed by atoms with E-state index in [-0.39, 0.29) is 0 Å². The smallest absolute Gasteiger partial charge is 0.0890 e. The van der Waals surface area contributed by atoms with Crippen molar-refractivity contribution in [1.82, 2.24) is 0 Å². The Morgan fingerprint density at radius 2 is 1.21 bits per heavy atom. The lowest BCUT2D eigenvalue weighted by Gasteiger charge is -2.45. The third-order valence-corrected chi connectivity index (χ3v) is 6.07. The lowest BCUT2D eigenvalue weighted by Crippen LogP contribution is -2.56. The van der Waals surface area contributed by atoms with Crippen LogP contribution in [-0.2, 0) is 5.04 Å². The van der Waals surface area contributed by atoms with Crippen LogP contribution in [0, 0.1) is 0 Å². The Morgan fingerprint density at radius 3 is 1.67 bits per heavy atom. The Labute approximate surface area is 150 Å². The summed E-state index contributed by atoms with van der Waals surface area (Å²) in [6, 6.07) is 0.985. The number of unbranched alkanes of at least 4 members (excludes halogenated alkanes) is 7. The van der Waals surface area contributed by atoms with Gasteiger partial charge in [-0.15, -0.1) is 0 Å². The molecule has 0 unspecified atom stereocenters. The Balaban J connectivity index is 0.00000163. The molecule has 0 aromatic rings. The van der Waals surface area contributed by atoms with E-state index in [4.69, 9.17) is 10.5 Å². The Morgan fingerprint density at radius 1 is 0.750 bits per heavy atom. The molecule has 4 nitrogen and oxygen atoms in total. The monoisotopic (exact) mass is 346 g/mol. The summed E-state index contributed by atoms with van der Waals surface area (Å²) < 4.78 is 1.43. The van der Waals surface area contributed by atoms with Gasteiger partial charge in [-0.2, -0.15) is 0 Å². The molecule has 0 aromatic heterocycles. The zero-order chi connectivity index (χ0) is 18.1. The predicted molar refractivity (Wildman–Crippen MR) is 102 cm³/mol. The van der Waals surface area contributed by atoms with Crippen LogP contribution >= 0.6 is 0 Å². The van der Waals surface area contributed by atoms with Crippen LogP contribution in [0.2, 0.25) is 0 Å². The molecule has 0 amide bonds. The molecule has 4 heteroatoms. The summed E-state index contributed by atoms with van der Waals surface area (Å²) in [5.74, 6) is 0. The van der Waals surface area contributed by atoms with Crippen LogP contribution in [0.5, 0.6) is 0 Å². The predicted octanol–water partition coefficient (Wildman–Crippen LogP) is 6.27. The van der Waals surface area contributed by atoms with E-state index in [9.17, 15) is 0 Å². The van der Waals surface area contributed by atoms with Crippen molar-refractivity contribution in [2.24, 2.45) is 0 Å². The molecule has 1 fully saturated rings. The largest absolute Gasteiger partial charge is 0.322 e. The average Bonchev–Trinajstić information content (AvgIpc) is 2.62. The van der Waals surface area contributed by atoms with E-state index in [1.54, 1.807) is 0 Å². The first-order chi connectivity index (χ1) is 11.7. The van der Waals surface area contributed by atoms with Gasteiger partial charge in [0, 0.05) is 0 Å². The molecule has 1 aliphatic carbocycles. The molecule has 0 aromatic carbocycles. The number of hydrogen-bond acceptors (Lipinski definition) is 3. The number of nitrogens with zero attached hydrogens (tertiary/aromatic N) is 1. The highest BCUT2D eigenvalue weighted by Crippen LogP contribution is 2.29. The molecule has 24 heavy (non-hydrogen) atoms. The molecule has 0 spiro atoms. The summed E-state index contributed by atoms with van der Waals surface area (Å²) in [6.07, 6.45) is 19.1. The summed E-state index contributed by atoms with van der Waals surface area (Å²) >= 11 is 0. The quantitative estimate of drug-likeness (QED) is 0.190. The molecular formula is C20H44NO3+. The first kappa shape index (κ1) is 23.8. The molecule has 0 radical (unpaired) electrons. The molecule has 1 saturated carbocycles. The summed E-state index contributed by atoms with van der Waals surface area (Å²) in [4.78, 5) is 0. The number of hydrogen-bond donors (Lipinski definition) is 2. The van der Waals surface area contributed by atoms with Crippen LogP contribution in [0.1, 0.15) is 104 Å². The summed E-state index contributed by atoms with van der Waals surface area (Å²) in [7, 11) is 0. The Kier molecular flexibility index (Phi) is 16.2. The highest BCUT2D eigenvalue weighted by molar-refractivity contribution is 4.67. The van der Waals surface area contributed by atoms with Crippen molar-refractivity contribution in [3.63, 3.8) is 0 Å². The zero-order valence-corrected chi connectivity index (χ0v) is 16.6. The van der Waals surface area contributed by atoms with Crippen LogP contribution < -0.4 is 0 Å². The van der Waals surface area contributed by atoms with Gasteiger partial charge in [0.25, 0.3) is 0 Å². The lowest BCUT2D eigenvalue weighted by molar-refractivity contribution is -0.949. The van der Waals surface area contributed by atoms with Crippen molar-refractivity contribution in [2.75, 3.05) is 19.6 Å². The average molecular weight is 347 g/mol. The van der Waals surface area contributed by atoms with E-state index in [1.807, 2.05) is 0 Å². The zero-order valence-electron chi connectivity index (χ0n) is 16.6. The standard InChI is InChI=1S/C20H42N.H2O3/c1-4-7-8-9-10-11-12-16-19-21(5-2,6-3)20-17-14-13-15-18-20;1-3-2/h20H,4-19H2,1-3H3;1-2H/q+1;. The van der Waals surface area contributed by atoms with Gasteiger partial charge in [-0.3, -0.25) is 0 Å². The number of quaternary nitrogens is 1. The normalized spacial score (nSPS) is 15.9. The maximum absolute atomic E-state index is 6.62. The van der Waals surface area contributed by atoms with E-state index in [2.05, 4.69) is 25.8 Å². The van der Waals surface area contributed by atoms with Gasteiger partial charge in [0.05, 0.1) is 25.7 Å². The highest BCUT2D eigenvalue weighted by atomic mass is 17.4. The second-order valence-corrected chi connectivity index (χ2v) is 7.42. The van der Waals surface area contributed by atoms with Gasteiger partial charge in [0.2, 0.25) is 0 Å². The summed E-state index contributed by atoms with van der Waals surface area (Å²) in [6.45, 7) is 11.3. The van der Waals surface area contributed by atoms with Crippen LogP contribution in [-0.4, -0.2) is 40.7 Å². The molecule has 0 heterocycles. The topological polar surface area (TPSA) is 49.7 Å². The van der Waals surface area contributed by atoms with Gasteiger partial charge in [-0.25, -0.2) is 10.5 Å². The van der Waals surface area contributed by atoms with E-state index in [0.29, 0.717) is 0 Å². The molecule has 0 bridgehead atoms. The molecule has 1 aliphatic rings. The van der Waals surface area contributed by atoms with E-state index >= 15 is 0 Å². The van der Waals surface area contributed by atoms with Crippen molar-refractivity contribution < 1.29 is 20.0 Å². The maximum Gasteiger partial charge on any atom is 0.0890 e. The molecule has 2 N–H and O–H groups in total. The van der Waals surface area contributed by atoms with E-state index < -0.39 is 0 Å². The fourth-order valence-corrected chi connectivity index (χ4v) is 4.43. The SMILES string of the molecule is CCCCCCCCCC[N+](CC)(CC)C1CCCCC1.OOO. The van der Waals surface area contributed by atoms with Gasteiger partial charge in [-0.1, -0.05) is 56.9 Å². The molecule has 0 atom stereocenters. The molecule has 0 aliphatic heterocycles. The first-order valence-electron chi connectivity index (χ1n) is 10.5. The van der Waals surface area contributed by atoms with Crippen molar-refractivity contribution in [3.05, 3.63) is 0 Å². The first-order valence-corrected chi connectivity index (χ1v) is 10.5. The van der Waals surface area contributed by atoms with Gasteiger partial charge in [0.15, 0.2) is 0 Å². The van der Waals surface area contributed by atoms with Crippen molar-refractivity contribution in [2.45, 2.75) is 110 Å². The second kappa shape index (κ2) is 16.3. The number of rotatable bonds is 12. The van der Waals surface area contributed by atoms with Crippen LogP contribution in [0.4, 0.5) is 0 Å². The lowest BCUT2D eigenvalue weighted by atomic mass is 9.91. The van der Waals surface area contributed by atoms with Crippen molar-refractivity contribution in [3.8, 4) is 0 Å². The second-order valence-electron chi connectivity index (χ2n) is 7.42. The summed E-state index contributed by atoms with van der Waals surface area (Å²) in [5, 5.41) is 15.5. The third kappa shape index (κ3) is 9.97. The van der Waals surface area contributed by atoms with Crippen LogP contribution in [0.15, 0.2) is 0 Å². The third-order valence-electron chi connectivity index (χ3n) is 6.07. The Hall–Kier alpha value is -0.160. The van der Waals surface area contributed by atoms with Gasteiger partial charge in [0.1, 0.15) is 0 Å². The molecular weight excluding hydrogens is 302 g/mol.